The Hall–Kier alpha value is -3.11. The molecule has 0 fully saturated rings. The number of esters is 1. The van der Waals surface area contributed by atoms with Gasteiger partial charge in [-0.3, -0.25) is 4.79 Å². The number of carbonyl (C=O) groups excluding carboxylic acids is 2. The van der Waals surface area contributed by atoms with Crippen molar-refractivity contribution in [1.82, 2.24) is 4.31 Å². The molecule has 0 saturated heterocycles. The molecule has 31 heavy (non-hydrogen) atoms. The van der Waals surface area contributed by atoms with Crippen molar-refractivity contribution in [3.8, 4) is 11.5 Å². The van der Waals surface area contributed by atoms with Crippen LogP contribution in [-0.2, 0) is 19.6 Å². The lowest BCUT2D eigenvalue weighted by Crippen LogP contribution is -2.30. The molecule has 2 rings (SSSR count). The third-order valence-electron chi connectivity index (χ3n) is 4.43. The van der Waals surface area contributed by atoms with Crippen LogP contribution >= 0.6 is 0 Å². The summed E-state index contributed by atoms with van der Waals surface area (Å²) in [4.78, 5) is 24.3. The van der Waals surface area contributed by atoms with Crippen molar-refractivity contribution in [2.24, 2.45) is 0 Å². The number of ether oxygens (including phenoxy) is 3. The Morgan fingerprint density at radius 1 is 1.00 bits per heavy atom. The molecule has 0 radical (unpaired) electrons. The monoisotopic (exact) mass is 450 g/mol. The summed E-state index contributed by atoms with van der Waals surface area (Å²) in [7, 11) is -0.865. The molecule has 0 saturated carbocycles. The molecule has 1 N–H and O–H groups in total. The molecule has 1 amide bonds. The molecule has 0 aliphatic carbocycles. The Labute approximate surface area is 182 Å². The molecule has 0 unspecified atom stereocenters. The number of carbonyl (C=O) groups is 2. The van der Waals surface area contributed by atoms with Crippen LogP contribution in [-0.4, -0.2) is 58.5 Å². The number of amides is 1. The number of methoxy groups -OCH3 is 2. The highest BCUT2D eigenvalue weighted by Gasteiger charge is 2.21. The number of hydrogen-bond donors (Lipinski definition) is 1. The Bertz CT molecular complexity index is 1020. The number of benzene rings is 2. The molecule has 0 bridgehead atoms. The van der Waals surface area contributed by atoms with Crippen molar-refractivity contribution in [3.63, 3.8) is 0 Å². The van der Waals surface area contributed by atoms with Gasteiger partial charge in [0.15, 0.2) is 6.61 Å². The van der Waals surface area contributed by atoms with E-state index in [2.05, 4.69) is 5.32 Å². The average Bonchev–Trinajstić information content (AvgIpc) is 2.78. The van der Waals surface area contributed by atoms with Crippen LogP contribution in [0.2, 0.25) is 0 Å². The van der Waals surface area contributed by atoms with E-state index >= 15 is 0 Å². The van der Waals surface area contributed by atoms with Gasteiger partial charge in [0.05, 0.1) is 19.1 Å². The molecular weight excluding hydrogens is 424 g/mol. The summed E-state index contributed by atoms with van der Waals surface area (Å²) in [5.41, 5.74) is 0.563. The van der Waals surface area contributed by atoms with Crippen LogP contribution in [0, 0.1) is 0 Å². The van der Waals surface area contributed by atoms with Crippen LogP contribution in [0.4, 0.5) is 5.69 Å². The average molecular weight is 451 g/mol. The summed E-state index contributed by atoms with van der Waals surface area (Å²) in [6.45, 7) is 3.89. The zero-order valence-corrected chi connectivity index (χ0v) is 18.7. The molecule has 0 atom stereocenters. The van der Waals surface area contributed by atoms with Gasteiger partial charge in [0.2, 0.25) is 10.0 Å². The predicted octanol–water partition coefficient (Wildman–Crippen LogP) is 2.53. The van der Waals surface area contributed by atoms with Gasteiger partial charge in [-0.1, -0.05) is 13.8 Å². The smallest absolute Gasteiger partial charge is 0.341 e. The van der Waals surface area contributed by atoms with Gasteiger partial charge in [-0.2, -0.15) is 4.31 Å². The van der Waals surface area contributed by atoms with Crippen LogP contribution in [0.15, 0.2) is 47.4 Å². The summed E-state index contributed by atoms with van der Waals surface area (Å²) >= 11 is 0. The SMILES string of the molecule is CCN(CC)S(=O)(=O)c1ccc(NC(=O)COc2cc(OC)ccc2C(=O)OC)cc1. The standard InChI is InChI=1S/C21H26N2O7S/c1-5-23(6-2)31(26,27)17-10-7-15(8-11-17)22-20(24)14-30-19-13-16(28-3)9-12-18(19)21(25)29-4/h7-13H,5-6,14H2,1-4H3,(H,22,24). The van der Waals surface area contributed by atoms with Gasteiger partial charge in [-0.25, -0.2) is 13.2 Å². The van der Waals surface area contributed by atoms with E-state index in [1.54, 1.807) is 19.9 Å². The van der Waals surface area contributed by atoms with E-state index in [0.717, 1.165) is 0 Å². The van der Waals surface area contributed by atoms with Gasteiger partial charge in [0, 0.05) is 24.8 Å². The third kappa shape index (κ3) is 5.96. The topological polar surface area (TPSA) is 111 Å². The van der Waals surface area contributed by atoms with E-state index in [0.29, 0.717) is 24.5 Å². The second kappa shape index (κ2) is 10.8. The number of sulfonamides is 1. The van der Waals surface area contributed by atoms with E-state index in [1.807, 2.05) is 0 Å². The van der Waals surface area contributed by atoms with Crippen molar-refractivity contribution in [1.29, 1.82) is 0 Å². The normalized spacial score (nSPS) is 11.1. The number of rotatable bonds is 10. The Balaban J connectivity index is 2.06. The third-order valence-corrected chi connectivity index (χ3v) is 6.50. The highest BCUT2D eigenvalue weighted by molar-refractivity contribution is 7.89. The first-order valence-corrected chi connectivity index (χ1v) is 11.0. The lowest BCUT2D eigenvalue weighted by molar-refractivity contribution is -0.118. The summed E-state index contributed by atoms with van der Waals surface area (Å²) in [5, 5.41) is 2.62. The first-order chi connectivity index (χ1) is 14.8. The molecule has 10 heteroatoms. The van der Waals surface area contributed by atoms with Gasteiger partial charge >= 0.3 is 5.97 Å². The number of nitrogens with zero attached hydrogens (tertiary/aromatic N) is 1. The number of hydrogen-bond acceptors (Lipinski definition) is 7. The zero-order valence-electron chi connectivity index (χ0n) is 17.9. The molecule has 2 aromatic carbocycles. The minimum absolute atomic E-state index is 0.141. The van der Waals surface area contributed by atoms with Gasteiger partial charge < -0.3 is 19.5 Å². The predicted molar refractivity (Wildman–Crippen MR) is 115 cm³/mol. The fourth-order valence-corrected chi connectivity index (χ4v) is 4.25. The number of anilines is 1. The maximum absolute atomic E-state index is 12.5. The van der Waals surface area contributed by atoms with Crippen LogP contribution in [0.25, 0.3) is 0 Å². The zero-order chi connectivity index (χ0) is 23.0. The van der Waals surface area contributed by atoms with Crippen LogP contribution < -0.4 is 14.8 Å². The molecule has 0 aliphatic rings. The largest absolute Gasteiger partial charge is 0.497 e. The second-order valence-corrected chi connectivity index (χ2v) is 8.24. The van der Waals surface area contributed by atoms with Crippen molar-refractivity contribution < 1.29 is 32.2 Å². The second-order valence-electron chi connectivity index (χ2n) is 6.30. The summed E-state index contributed by atoms with van der Waals surface area (Å²) in [6, 6.07) is 10.4. The molecule has 0 aliphatic heterocycles. The Morgan fingerprint density at radius 2 is 1.65 bits per heavy atom. The van der Waals surface area contributed by atoms with Crippen LogP contribution in [0.1, 0.15) is 24.2 Å². The summed E-state index contributed by atoms with van der Waals surface area (Å²) in [5.74, 6) is -0.504. The Kier molecular flexibility index (Phi) is 8.40. The van der Waals surface area contributed by atoms with E-state index < -0.39 is 21.9 Å². The summed E-state index contributed by atoms with van der Waals surface area (Å²) in [6.07, 6.45) is 0. The molecule has 0 aromatic heterocycles. The van der Waals surface area contributed by atoms with Crippen molar-refractivity contribution in [3.05, 3.63) is 48.0 Å². The van der Waals surface area contributed by atoms with E-state index in [1.165, 1.54) is 54.9 Å². The molecule has 168 valence electrons. The maximum atomic E-state index is 12.5. The quantitative estimate of drug-likeness (QED) is 0.554. The van der Waals surface area contributed by atoms with Gasteiger partial charge in [0.1, 0.15) is 17.1 Å². The first-order valence-electron chi connectivity index (χ1n) is 9.56. The van der Waals surface area contributed by atoms with Gasteiger partial charge in [-0.15, -0.1) is 0 Å². The Morgan fingerprint density at radius 3 is 2.19 bits per heavy atom. The van der Waals surface area contributed by atoms with Crippen molar-refractivity contribution >= 4 is 27.6 Å². The lowest BCUT2D eigenvalue weighted by atomic mass is 10.2. The maximum Gasteiger partial charge on any atom is 0.341 e. The van der Waals surface area contributed by atoms with Gasteiger partial charge in [0.25, 0.3) is 5.91 Å². The molecule has 2 aromatic rings. The van der Waals surface area contributed by atoms with Crippen LogP contribution in [0.3, 0.4) is 0 Å². The fraction of sp³-hybridized carbons (Fsp3) is 0.333. The molecule has 9 nitrogen and oxygen atoms in total. The number of nitrogens with one attached hydrogen (secondary N) is 1. The van der Waals surface area contributed by atoms with E-state index in [-0.39, 0.29) is 22.8 Å². The minimum Gasteiger partial charge on any atom is -0.497 e. The van der Waals surface area contributed by atoms with E-state index in [9.17, 15) is 18.0 Å². The molecule has 0 heterocycles. The first kappa shape index (κ1) is 24.2. The van der Waals surface area contributed by atoms with E-state index in [4.69, 9.17) is 14.2 Å². The lowest BCUT2D eigenvalue weighted by Gasteiger charge is -2.18. The highest BCUT2D eigenvalue weighted by atomic mass is 32.2. The fourth-order valence-electron chi connectivity index (χ4n) is 2.79. The molecule has 0 spiro atoms. The summed E-state index contributed by atoms with van der Waals surface area (Å²) < 4.78 is 41.7. The van der Waals surface area contributed by atoms with Gasteiger partial charge in [-0.05, 0) is 36.4 Å². The highest BCUT2D eigenvalue weighted by Crippen LogP contribution is 2.25. The van der Waals surface area contributed by atoms with Crippen molar-refractivity contribution in [2.45, 2.75) is 18.7 Å². The van der Waals surface area contributed by atoms with Crippen molar-refractivity contribution in [2.75, 3.05) is 39.2 Å². The molecular formula is C21H26N2O7S. The van der Waals surface area contributed by atoms with Crippen LogP contribution in [0.5, 0.6) is 11.5 Å². The minimum atomic E-state index is -3.57.